The predicted molar refractivity (Wildman–Crippen MR) is 160 cm³/mol. The van der Waals surface area contributed by atoms with Crippen LogP contribution in [0.15, 0.2) is 87.7 Å². The molecule has 7 rings (SSSR count). The molecule has 0 saturated carbocycles. The van der Waals surface area contributed by atoms with E-state index in [1.807, 2.05) is 24.3 Å². The van der Waals surface area contributed by atoms with E-state index in [4.69, 9.17) is 8.83 Å². The molecule has 200 valence electrons. The predicted octanol–water partition coefficient (Wildman–Crippen LogP) is 9.82. The largest absolute Gasteiger partial charge is 0.508 e. The van der Waals surface area contributed by atoms with Crippen molar-refractivity contribution in [1.82, 2.24) is 0 Å². The average molecular weight is 529 g/mol. The Morgan fingerprint density at radius 2 is 1.20 bits per heavy atom. The van der Waals surface area contributed by atoms with E-state index < -0.39 is 0 Å². The number of furan rings is 2. The van der Waals surface area contributed by atoms with Crippen LogP contribution in [-0.4, -0.2) is 10.2 Å². The highest BCUT2D eigenvalue weighted by molar-refractivity contribution is 5.91. The summed E-state index contributed by atoms with van der Waals surface area (Å²) in [6, 6.07) is 25.7. The van der Waals surface area contributed by atoms with E-state index in [1.54, 1.807) is 24.3 Å². The summed E-state index contributed by atoms with van der Waals surface area (Å²) in [6.45, 7) is 8.89. The molecule has 40 heavy (non-hydrogen) atoms. The van der Waals surface area contributed by atoms with Crippen LogP contribution in [0.25, 0.3) is 44.6 Å². The van der Waals surface area contributed by atoms with Gasteiger partial charge in [-0.1, -0.05) is 19.9 Å². The second-order valence-electron chi connectivity index (χ2n) is 11.3. The van der Waals surface area contributed by atoms with Gasteiger partial charge in [0.25, 0.3) is 0 Å². The Hall–Kier alpha value is -4.44. The highest BCUT2D eigenvalue weighted by Gasteiger charge is 2.39. The molecule has 6 aromatic rings. The van der Waals surface area contributed by atoms with Gasteiger partial charge in [0.2, 0.25) is 0 Å². The van der Waals surface area contributed by atoms with E-state index in [0.29, 0.717) is 11.8 Å². The van der Waals surface area contributed by atoms with Gasteiger partial charge in [0, 0.05) is 38.9 Å². The molecule has 4 aromatic carbocycles. The van der Waals surface area contributed by atoms with Crippen LogP contribution in [0.2, 0.25) is 0 Å². The number of fused-ring (bicyclic) bond motifs is 3. The number of aromatic hydroxyl groups is 2. The third-order valence-electron chi connectivity index (χ3n) is 9.06. The van der Waals surface area contributed by atoms with Gasteiger partial charge in [0.05, 0.1) is 0 Å². The zero-order chi connectivity index (χ0) is 27.7. The van der Waals surface area contributed by atoms with Crippen LogP contribution in [0.4, 0.5) is 0 Å². The number of hydrogen-bond acceptors (Lipinski definition) is 4. The van der Waals surface area contributed by atoms with Crippen LogP contribution in [-0.2, 0) is 0 Å². The van der Waals surface area contributed by atoms with Gasteiger partial charge < -0.3 is 19.0 Å². The molecule has 0 amide bonds. The van der Waals surface area contributed by atoms with Crippen LogP contribution in [0.5, 0.6) is 11.5 Å². The minimum atomic E-state index is 0.247. The van der Waals surface area contributed by atoms with Crippen LogP contribution in [0, 0.1) is 19.8 Å². The van der Waals surface area contributed by atoms with Gasteiger partial charge in [-0.2, -0.15) is 0 Å². The van der Waals surface area contributed by atoms with E-state index >= 15 is 0 Å². The van der Waals surface area contributed by atoms with E-state index in [-0.39, 0.29) is 17.4 Å². The number of phenols is 2. The molecule has 0 bridgehead atoms. The van der Waals surface area contributed by atoms with Gasteiger partial charge in [0.1, 0.15) is 34.2 Å². The van der Waals surface area contributed by atoms with Crippen molar-refractivity contribution >= 4 is 21.9 Å². The van der Waals surface area contributed by atoms with Crippen LogP contribution >= 0.6 is 0 Å². The number of benzene rings is 4. The SMILES string of the molecule is CC[C@@H]1c2cc3oc(-c4ccc(O)cc4)c(C)c3cc2[C@@H](c2ccc3oc(-c4ccc(O)cc4)c(C)c3c2)[C@@H]1C. The number of aryl methyl sites for hydroxylation is 2. The summed E-state index contributed by atoms with van der Waals surface area (Å²) < 4.78 is 12.7. The van der Waals surface area contributed by atoms with Crippen LogP contribution < -0.4 is 0 Å². The molecule has 2 heterocycles. The maximum Gasteiger partial charge on any atom is 0.138 e. The maximum atomic E-state index is 9.75. The van der Waals surface area contributed by atoms with E-state index in [9.17, 15) is 10.2 Å². The first kappa shape index (κ1) is 24.6. The normalized spacial score (nSPS) is 18.6. The van der Waals surface area contributed by atoms with Crippen molar-refractivity contribution in [3.05, 3.63) is 107 Å². The third-order valence-corrected chi connectivity index (χ3v) is 9.06. The Morgan fingerprint density at radius 1 is 0.650 bits per heavy atom. The van der Waals surface area contributed by atoms with Crippen molar-refractivity contribution in [2.45, 2.75) is 46.0 Å². The van der Waals surface area contributed by atoms with Crippen LogP contribution in [0.1, 0.15) is 59.9 Å². The first-order valence-electron chi connectivity index (χ1n) is 14.0. The minimum absolute atomic E-state index is 0.247. The summed E-state index contributed by atoms with van der Waals surface area (Å²) in [4.78, 5) is 0. The fraction of sp³-hybridized carbons (Fsp3) is 0.222. The lowest BCUT2D eigenvalue weighted by Gasteiger charge is -2.21. The molecular formula is C36H32O4. The number of hydrogen-bond donors (Lipinski definition) is 2. The van der Waals surface area contributed by atoms with Crippen molar-refractivity contribution in [1.29, 1.82) is 0 Å². The number of rotatable bonds is 4. The third kappa shape index (κ3) is 3.66. The summed E-state index contributed by atoms with van der Waals surface area (Å²) in [5.41, 5.74) is 10.0. The van der Waals surface area contributed by atoms with E-state index in [2.05, 4.69) is 58.0 Å². The van der Waals surface area contributed by atoms with Gasteiger partial charge in [-0.15, -0.1) is 0 Å². The zero-order valence-electron chi connectivity index (χ0n) is 23.2. The fourth-order valence-electron chi connectivity index (χ4n) is 6.97. The molecule has 0 unspecified atom stereocenters. The Labute approximate surface area is 233 Å². The topological polar surface area (TPSA) is 66.7 Å². The summed E-state index contributed by atoms with van der Waals surface area (Å²) >= 11 is 0. The molecule has 0 fully saturated rings. The van der Waals surface area contributed by atoms with E-state index in [0.717, 1.165) is 62.1 Å². The molecular weight excluding hydrogens is 496 g/mol. The fourth-order valence-corrected chi connectivity index (χ4v) is 6.97. The van der Waals surface area contributed by atoms with Gasteiger partial charge >= 0.3 is 0 Å². The Balaban J connectivity index is 1.36. The number of phenolic OH excluding ortho intramolecular Hbond substituents is 2. The second kappa shape index (κ2) is 9.06. The Bertz CT molecular complexity index is 1890. The van der Waals surface area contributed by atoms with Crippen molar-refractivity contribution in [2.24, 2.45) is 5.92 Å². The molecule has 2 N–H and O–H groups in total. The Morgan fingerprint density at radius 3 is 1.77 bits per heavy atom. The molecule has 1 aliphatic rings. The smallest absolute Gasteiger partial charge is 0.138 e. The summed E-state index contributed by atoms with van der Waals surface area (Å²) in [5, 5.41) is 21.7. The van der Waals surface area contributed by atoms with E-state index in [1.165, 1.54) is 16.7 Å². The molecule has 2 aromatic heterocycles. The van der Waals surface area contributed by atoms with Gasteiger partial charge in [-0.25, -0.2) is 0 Å². The maximum absolute atomic E-state index is 9.75. The van der Waals surface area contributed by atoms with Crippen molar-refractivity contribution in [3.63, 3.8) is 0 Å². The monoisotopic (exact) mass is 528 g/mol. The Kier molecular flexibility index (Phi) is 5.57. The van der Waals surface area contributed by atoms with Crippen molar-refractivity contribution in [3.8, 4) is 34.1 Å². The highest BCUT2D eigenvalue weighted by atomic mass is 16.3. The average Bonchev–Trinajstić information content (AvgIpc) is 3.56. The first-order chi connectivity index (χ1) is 19.3. The molecule has 1 aliphatic carbocycles. The summed E-state index contributed by atoms with van der Waals surface area (Å²) in [6.07, 6.45) is 1.07. The lowest BCUT2D eigenvalue weighted by Crippen LogP contribution is -2.09. The van der Waals surface area contributed by atoms with Gasteiger partial charge in [-0.3, -0.25) is 0 Å². The molecule has 0 saturated heterocycles. The zero-order valence-corrected chi connectivity index (χ0v) is 23.2. The molecule has 0 spiro atoms. The molecule has 4 heteroatoms. The highest BCUT2D eigenvalue weighted by Crippen LogP contribution is 2.53. The van der Waals surface area contributed by atoms with Crippen LogP contribution in [0.3, 0.4) is 0 Å². The standard InChI is InChI=1S/C36H32O4/c1-5-27-19(2)34(24-10-15-32-28(16-24)20(3)35(39-32)22-6-11-25(37)12-7-22)31-17-29-21(4)36(40-33(29)18-30(27)31)23-8-13-26(38)14-9-23/h6-19,27,34,37-38H,5H2,1-4H3/t19-,27+,34-/m1/s1. The van der Waals surface area contributed by atoms with Gasteiger partial charge in [0.15, 0.2) is 0 Å². The van der Waals surface area contributed by atoms with Crippen molar-refractivity contribution in [2.75, 3.05) is 0 Å². The minimum Gasteiger partial charge on any atom is -0.508 e. The first-order valence-corrected chi connectivity index (χ1v) is 14.0. The molecule has 4 nitrogen and oxygen atoms in total. The van der Waals surface area contributed by atoms with Crippen molar-refractivity contribution < 1.29 is 19.0 Å². The van der Waals surface area contributed by atoms with Gasteiger partial charge in [-0.05, 0) is 122 Å². The molecule has 0 radical (unpaired) electrons. The second-order valence-corrected chi connectivity index (χ2v) is 11.3. The lowest BCUT2D eigenvalue weighted by atomic mass is 9.82. The summed E-state index contributed by atoms with van der Waals surface area (Å²) in [7, 11) is 0. The summed E-state index contributed by atoms with van der Waals surface area (Å²) in [5.74, 6) is 3.36. The molecule has 0 aliphatic heterocycles. The molecule has 3 atom stereocenters. The lowest BCUT2D eigenvalue weighted by molar-refractivity contribution is 0.448. The quantitative estimate of drug-likeness (QED) is 0.239.